The Kier molecular flexibility index (Phi) is 3.41. The Morgan fingerprint density at radius 3 is 3.17 bits per heavy atom. The molecule has 1 N–H and O–H groups in total. The van der Waals surface area contributed by atoms with Crippen LogP contribution in [0, 0.1) is 5.92 Å². The standard InChI is InChI=1S/C18H19N3O2/c1-12-6-7-21-16-5-4-13(10-15(16)20-17(21)9-12)18(22)19-11-14-3-2-8-23-14/h2-5,8,10,12H,6-7,9,11H2,1H3,(H,19,22)/t12-/m1/s1. The second kappa shape index (κ2) is 5.57. The van der Waals surface area contributed by atoms with Crippen molar-refractivity contribution in [3.8, 4) is 0 Å². The van der Waals surface area contributed by atoms with Crippen molar-refractivity contribution in [2.45, 2.75) is 32.9 Å². The van der Waals surface area contributed by atoms with Gasteiger partial charge in [0.1, 0.15) is 11.6 Å². The number of fused-ring (bicyclic) bond motifs is 3. The van der Waals surface area contributed by atoms with E-state index in [0.29, 0.717) is 18.0 Å². The van der Waals surface area contributed by atoms with Crippen molar-refractivity contribution in [1.29, 1.82) is 0 Å². The molecule has 0 bridgehead atoms. The highest BCUT2D eigenvalue weighted by atomic mass is 16.3. The Bertz CT molecular complexity index is 849. The first-order chi connectivity index (χ1) is 11.2. The molecule has 23 heavy (non-hydrogen) atoms. The van der Waals surface area contributed by atoms with Crippen LogP contribution in [0.1, 0.15) is 35.3 Å². The lowest BCUT2D eigenvalue weighted by molar-refractivity contribution is 0.0948. The van der Waals surface area contributed by atoms with Gasteiger partial charge in [-0.15, -0.1) is 0 Å². The van der Waals surface area contributed by atoms with Gasteiger partial charge < -0.3 is 14.3 Å². The smallest absolute Gasteiger partial charge is 0.251 e. The van der Waals surface area contributed by atoms with Gasteiger partial charge >= 0.3 is 0 Å². The molecule has 0 radical (unpaired) electrons. The first-order valence-electron chi connectivity index (χ1n) is 8.00. The fraction of sp³-hybridized carbons (Fsp3) is 0.333. The number of carbonyl (C=O) groups is 1. The predicted molar refractivity (Wildman–Crippen MR) is 87.1 cm³/mol. The number of benzene rings is 1. The molecule has 2 aromatic heterocycles. The first kappa shape index (κ1) is 14.1. The fourth-order valence-electron chi connectivity index (χ4n) is 3.17. The van der Waals surface area contributed by atoms with E-state index in [1.807, 2.05) is 30.3 Å². The lowest BCUT2D eigenvalue weighted by atomic mass is 10.0. The second-order valence-corrected chi connectivity index (χ2v) is 6.24. The summed E-state index contributed by atoms with van der Waals surface area (Å²) in [6.07, 6.45) is 3.79. The van der Waals surface area contributed by atoms with Crippen LogP contribution in [0.2, 0.25) is 0 Å². The number of aryl methyl sites for hydroxylation is 1. The Labute approximate surface area is 134 Å². The lowest BCUT2D eigenvalue weighted by Gasteiger charge is -2.19. The van der Waals surface area contributed by atoms with E-state index in [0.717, 1.165) is 35.6 Å². The monoisotopic (exact) mass is 309 g/mol. The number of nitrogens with zero attached hydrogens (tertiary/aromatic N) is 2. The molecule has 5 nitrogen and oxygen atoms in total. The van der Waals surface area contributed by atoms with Crippen molar-refractivity contribution in [2.75, 3.05) is 0 Å². The van der Waals surface area contributed by atoms with Crippen molar-refractivity contribution in [3.63, 3.8) is 0 Å². The number of hydrogen-bond donors (Lipinski definition) is 1. The Morgan fingerprint density at radius 1 is 1.43 bits per heavy atom. The predicted octanol–water partition coefficient (Wildman–Crippen LogP) is 3.14. The van der Waals surface area contributed by atoms with E-state index in [4.69, 9.17) is 9.40 Å². The highest BCUT2D eigenvalue weighted by Gasteiger charge is 2.19. The molecule has 0 saturated carbocycles. The first-order valence-corrected chi connectivity index (χ1v) is 8.00. The molecular formula is C18H19N3O2. The highest BCUT2D eigenvalue weighted by molar-refractivity contribution is 5.97. The van der Waals surface area contributed by atoms with E-state index in [1.54, 1.807) is 6.26 Å². The summed E-state index contributed by atoms with van der Waals surface area (Å²) in [4.78, 5) is 17.0. The van der Waals surface area contributed by atoms with Crippen LogP contribution in [-0.2, 0) is 19.5 Å². The van der Waals surface area contributed by atoms with Crippen molar-refractivity contribution < 1.29 is 9.21 Å². The maximum absolute atomic E-state index is 12.3. The zero-order valence-electron chi connectivity index (χ0n) is 13.1. The maximum Gasteiger partial charge on any atom is 0.251 e. The van der Waals surface area contributed by atoms with Crippen LogP contribution in [0.25, 0.3) is 11.0 Å². The van der Waals surface area contributed by atoms with Gasteiger partial charge in [0, 0.05) is 18.5 Å². The molecule has 0 aliphatic carbocycles. The molecule has 5 heteroatoms. The number of rotatable bonds is 3. The van der Waals surface area contributed by atoms with Gasteiger partial charge in [-0.2, -0.15) is 0 Å². The summed E-state index contributed by atoms with van der Waals surface area (Å²) >= 11 is 0. The van der Waals surface area contributed by atoms with Crippen molar-refractivity contribution in [3.05, 3.63) is 53.7 Å². The number of amides is 1. The molecule has 118 valence electrons. The van der Waals surface area contributed by atoms with E-state index in [2.05, 4.69) is 16.8 Å². The lowest BCUT2D eigenvalue weighted by Crippen LogP contribution is -2.22. The third kappa shape index (κ3) is 2.63. The number of hydrogen-bond acceptors (Lipinski definition) is 3. The molecule has 0 saturated heterocycles. The third-order valence-corrected chi connectivity index (χ3v) is 4.47. The maximum atomic E-state index is 12.3. The summed E-state index contributed by atoms with van der Waals surface area (Å²) in [5.74, 6) is 2.44. The Hall–Kier alpha value is -2.56. The zero-order chi connectivity index (χ0) is 15.8. The average molecular weight is 309 g/mol. The van der Waals surface area contributed by atoms with Crippen LogP contribution >= 0.6 is 0 Å². The SMILES string of the molecule is C[C@@H]1CCn2c(nc3cc(C(=O)NCc4ccco4)ccc32)C1. The summed E-state index contributed by atoms with van der Waals surface area (Å²) in [5, 5.41) is 2.87. The van der Waals surface area contributed by atoms with Gasteiger partial charge in [0.15, 0.2) is 0 Å². The summed E-state index contributed by atoms with van der Waals surface area (Å²) in [5.41, 5.74) is 2.65. The van der Waals surface area contributed by atoms with Crippen LogP contribution in [0.15, 0.2) is 41.0 Å². The molecule has 4 rings (SSSR count). The van der Waals surface area contributed by atoms with Gasteiger partial charge in [0.2, 0.25) is 0 Å². The van der Waals surface area contributed by atoms with Gasteiger partial charge in [0.25, 0.3) is 5.91 Å². The minimum absolute atomic E-state index is 0.109. The molecule has 1 aromatic carbocycles. The molecule has 1 atom stereocenters. The molecule has 1 amide bonds. The van der Waals surface area contributed by atoms with Crippen LogP contribution in [0.5, 0.6) is 0 Å². The normalized spacial score (nSPS) is 17.2. The molecule has 0 unspecified atom stereocenters. The largest absolute Gasteiger partial charge is 0.467 e. The van der Waals surface area contributed by atoms with Gasteiger partial charge in [0.05, 0.1) is 23.8 Å². The zero-order valence-corrected chi connectivity index (χ0v) is 13.1. The van der Waals surface area contributed by atoms with Gasteiger partial charge in [-0.25, -0.2) is 4.98 Å². The molecule has 0 fully saturated rings. The molecule has 3 aromatic rings. The number of imidazole rings is 1. The summed E-state index contributed by atoms with van der Waals surface area (Å²) in [6.45, 7) is 3.66. The van der Waals surface area contributed by atoms with E-state index < -0.39 is 0 Å². The molecule has 1 aliphatic heterocycles. The van der Waals surface area contributed by atoms with Crippen LogP contribution in [0.4, 0.5) is 0 Å². The summed E-state index contributed by atoms with van der Waals surface area (Å²) in [7, 11) is 0. The Morgan fingerprint density at radius 2 is 2.35 bits per heavy atom. The van der Waals surface area contributed by atoms with Crippen molar-refractivity contribution in [2.24, 2.45) is 5.92 Å². The van der Waals surface area contributed by atoms with E-state index >= 15 is 0 Å². The molecular weight excluding hydrogens is 290 g/mol. The quantitative estimate of drug-likeness (QED) is 0.808. The van der Waals surface area contributed by atoms with Crippen LogP contribution in [-0.4, -0.2) is 15.5 Å². The molecule has 3 heterocycles. The minimum Gasteiger partial charge on any atom is -0.467 e. The fourth-order valence-corrected chi connectivity index (χ4v) is 3.17. The number of furan rings is 1. The molecule has 0 spiro atoms. The van der Waals surface area contributed by atoms with Crippen LogP contribution in [0.3, 0.4) is 0 Å². The Balaban J connectivity index is 1.57. The average Bonchev–Trinajstić information content (AvgIpc) is 3.18. The summed E-state index contributed by atoms with van der Waals surface area (Å²) in [6, 6.07) is 9.40. The van der Waals surface area contributed by atoms with Gasteiger partial charge in [-0.05, 0) is 42.7 Å². The minimum atomic E-state index is -0.109. The van der Waals surface area contributed by atoms with Crippen LogP contribution < -0.4 is 5.32 Å². The van der Waals surface area contributed by atoms with E-state index in [9.17, 15) is 4.79 Å². The van der Waals surface area contributed by atoms with Crippen molar-refractivity contribution >= 4 is 16.9 Å². The highest BCUT2D eigenvalue weighted by Crippen LogP contribution is 2.25. The molecule has 1 aliphatic rings. The topological polar surface area (TPSA) is 60.1 Å². The number of aromatic nitrogens is 2. The second-order valence-electron chi connectivity index (χ2n) is 6.24. The summed E-state index contributed by atoms with van der Waals surface area (Å²) < 4.78 is 7.50. The van der Waals surface area contributed by atoms with Crippen molar-refractivity contribution in [1.82, 2.24) is 14.9 Å². The number of nitrogens with one attached hydrogen (secondary N) is 1. The number of carbonyl (C=O) groups excluding carboxylic acids is 1. The van der Waals surface area contributed by atoms with E-state index in [1.165, 1.54) is 6.42 Å². The van der Waals surface area contributed by atoms with Gasteiger partial charge in [-0.3, -0.25) is 4.79 Å². The third-order valence-electron chi connectivity index (χ3n) is 4.47. The van der Waals surface area contributed by atoms with E-state index in [-0.39, 0.29) is 5.91 Å². The van der Waals surface area contributed by atoms with Gasteiger partial charge in [-0.1, -0.05) is 6.92 Å².